The lowest BCUT2D eigenvalue weighted by molar-refractivity contribution is -0.156. The third-order valence-electron chi connectivity index (χ3n) is 3.19. The lowest BCUT2D eigenvalue weighted by Crippen LogP contribution is -2.43. The Morgan fingerprint density at radius 2 is 1.74 bits per heavy atom. The molecule has 0 aliphatic heterocycles. The Kier molecular flexibility index (Phi) is 9.87. The van der Waals surface area contributed by atoms with Crippen LogP contribution >= 0.6 is 0 Å². The molecule has 0 amide bonds. The molecule has 0 aromatic carbocycles. The number of unbranched alkanes of at least 4 members (excludes halogenated alkanes) is 1. The fraction of sp³-hybridized carbons (Fsp3) is 0.812. The highest BCUT2D eigenvalue weighted by Gasteiger charge is 2.22. The molecule has 0 saturated heterocycles. The van der Waals surface area contributed by atoms with Crippen molar-refractivity contribution in [1.29, 1.82) is 0 Å². The maximum Gasteiger partial charge on any atom is 0.313 e. The van der Waals surface area contributed by atoms with E-state index < -0.39 is 23.7 Å². The number of hydrogen-bond acceptors (Lipinski definition) is 7. The lowest BCUT2D eigenvalue weighted by atomic mass is 10.1. The zero-order valence-electron chi connectivity index (χ0n) is 14.7. The summed E-state index contributed by atoms with van der Waals surface area (Å²) in [5.41, 5.74) is 10.5. The van der Waals surface area contributed by atoms with E-state index in [-0.39, 0.29) is 24.5 Å². The smallest absolute Gasteiger partial charge is 0.313 e. The Balaban J connectivity index is 4.13. The summed E-state index contributed by atoms with van der Waals surface area (Å²) in [6, 6.07) is -1.16. The van der Waals surface area contributed by atoms with Crippen LogP contribution in [0.1, 0.15) is 53.4 Å². The predicted molar refractivity (Wildman–Crippen MR) is 88.8 cm³/mol. The molecule has 0 aliphatic rings. The Morgan fingerprint density at radius 1 is 1.13 bits per heavy atom. The molecule has 0 unspecified atom stereocenters. The van der Waals surface area contributed by atoms with Gasteiger partial charge in [0.25, 0.3) is 0 Å². The SMILES string of the molecule is C[C@H](NCC(=O)[C@@H](N)CCCCN)C(=O)CC(=O)OC(C)(C)C. The number of Topliss-reactive ketones (excluding diaryl/α,β-unsaturated/α-hetero) is 2. The largest absolute Gasteiger partial charge is 0.460 e. The average Bonchev–Trinajstić information content (AvgIpc) is 2.42. The zero-order valence-corrected chi connectivity index (χ0v) is 14.7. The molecule has 0 bridgehead atoms. The summed E-state index contributed by atoms with van der Waals surface area (Å²) < 4.78 is 5.09. The summed E-state index contributed by atoms with van der Waals surface area (Å²) in [5.74, 6) is -1.04. The van der Waals surface area contributed by atoms with E-state index in [4.69, 9.17) is 16.2 Å². The molecule has 7 heteroatoms. The van der Waals surface area contributed by atoms with E-state index in [9.17, 15) is 14.4 Å². The number of carbonyl (C=O) groups excluding carboxylic acids is 3. The van der Waals surface area contributed by atoms with Gasteiger partial charge < -0.3 is 21.5 Å². The molecule has 0 spiro atoms. The Bertz CT molecular complexity index is 405. The van der Waals surface area contributed by atoms with Crippen molar-refractivity contribution in [3.63, 3.8) is 0 Å². The summed E-state index contributed by atoms with van der Waals surface area (Å²) in [6.45, 7) is 7.41. The first-order chi connectivity index (χ1) is 10.6. The summed E-state index contributed by atoms with van der Waals surface area (Å²) in [6.07, 6.45) is 1.90. The van der Waals surface area contributed by atoms with E-state index >= 15 is 0 Å². The van der Waals surface area contributed by atoms with E-state index in [1.807, 2.05) is 0 Å². The quantitative estimate of drug-likeness (QED) is 0.283. The molecule has 5 N–H and O–H groups in total. The highest BCUT2D eigenvalue weighted by molar-refractivity contribution is 5.98. The van der Waals surface area contributed by atoms with E-state index in [1.165, 1.54) is 0 Å². The summed E-state index contributed by atoms with van der Waals surface area (Å²) in [4.78, 5) is 35.4. The average molecular weight is 329 g/mol. The van der Waals surface area contributed by atoms with Gasteiger partial charge in [-0.3, -0.25) is 14.4 Å². The monoisotopic (exact) mass is 329 g/mol. The van der Waals surface area contributed by atoms with Crippen LogP contribution in [0.4, 0.5) is 0 Å². The van der Waals surface area contributed by atoms with Gasteiger partial charge in [0.15, 0.2) is 11.6 Å². The van der Waals surface area contributed by atoms with Crippen LogP contribution in [0.5, 0.6) is 0 Å². The molecule has 134 valence electrons. The van der Waals surface area contributed by atoms with Gasteiger partial charge in [-0.15, -0.1) is 0 Å². The minimum absolute atomic E-state index is 0.00498. The molecule has 0 saturated carbocycles. The molecule has 7 nitrogen and oxygen atoms in total. The van der Waals surface area contributed by atoms with Gasteiger partial charge in [-0.25, -0.2) is 0 Å². The van der Waals surface area contributed by atoms with E-state index in [2.05, 4.69) is 5.32 Å². The molecule has 2 atom stereocenters. The summed E-state index contributed by atoms with van der Waals surface area (Å²) in [5, 5.41) is 2.81. The van der Waals surface area contributed by atoms with Crippen molar-refractivity contribution >= 4 is 17.5 Å². The van der Waals surface area contributed by atoms with Gasteiger partial charge in [0.05, 0.1) is 18.6 Å². The fourth-order valence-electron chi connectivity index (χ4n) is 1.84. The van der Waals surface area contributed by atoms with Gasteiger partial charge >= 0.3 is 5.97 Å². The molecule has 0 fully saturated rings. The van der Waals surface area contributed by atoms with Crippen LogP contribution in [0, 0.1) is 0 Å². The summed E-state index contributed by atoms with van der Waals surface area (Å²) in [7, 11) is 0. The number of ether oxygens (including phenoxy) is 1. The second-order valence-electron chi connectivity index (χ2n) is 6.69. The molecule has 0 aromatic heterocycles. The minimum atomic E-state index is -0.625. The van der Waals surface area contributed by atoms with Gasteiger partial charge in [-0.05, 0) is 47.1 Å². The van der Waals surface area contributed by atoms with Crippen LogP contribution < -0.4 is 16.8 Å². The number of nitrogens with two attached hydrogens (primary N) is 2. The van der Waals surface area contributed by atoms with E-state index in [0.717, 1.165) is 12.8 Å². The van der Waals surface area contributed by atoms with Crippen molar-refractivity contribution in [3.8, 4) is 0 Å². The van der Waals surface area contributed by atoms with Gasteiger partial charge in [-0.2, -0.15) is 0 Å². The van der Waals surface area contributed by atoms with Crippen LogP contribution in [0.15, 0.2) is 0 Å². The number of esters is 1. The van der Waals surface area contributed by atoms with Crippen LogP contribution in [0.3, 0.4) is 0 Å². The van der Waals surface area contributed by atoms with Gasteiger partial charge in [0.1, 0.15) is 12.0 Å². The molecular weight excluding hydrogens is 298 g/mol. The first-order valence-electron chi connectivity index (χ1n) is 8.03. The van der Waals surface area contributed by atoms with Crippen LogP contribution in [-0.4, -0.2) is 48.3 Å². The number of rotatable bonds is 11. The summed E-state index contributed by atoms with van der Waals surface area (Å²) >= 11 is 0. The zero-order chi connectivity index (χ0) is 18.0. The Hall–Kier alpha value is -1.31. The fourth-order valence-corrected chi connectivity index (χ4v) is 1.84. The van der Waals surface area contributed by atoms with Crippen molar-refractivity contribution in [2.75, 3.05) is 13.1 Å². The second-order valence-corrected chi connectivity index (χ2v) is 6.69. The molecular formula is C16H31N3O4. The third-order valence-corrected chi connectivity index (χ3v) is 3.19. The van der Waals surface area contributed by atoms with E-state index in [0.29, 0.717) is 13.0 Å². The van der Waals surface area contributed by atoms with Crippen molar-refractivity contribution in [2.45, 2.75) is 71.1 Å². The van der Waals surface area contributed by atoms with E-state index in [1.54, 1.807) is 27.7 Å². The number of carbonyl (C=O) groups is 3. The standard InChI is InChI=1S/C16H31N3O4/c1-11(13(20)9-15(22)23-16(2,3)4)19-10-14(21)12(18)7-5-6-8-17/h11-12,19H,5-10,17-18H2,1-4H3/t11-,12-/m0/s1. The first kappa shape index (κ1) is 21.7. The molecule has 0 aromatic rings. The minimum Gasteiger partial charge on any atom is -0.460 e. The third kappa shape index (κ3) is 11.0. The van der Waals surface area contributed by atoms with Crippen molar-refractivity contribution in [1.82, 2.24) is 5.32 Å². The van der Waals surface area contributed by atoms with Crippen molar-refractivity contribution in [2.24, 2.45) is 11.5 Å². The van der Waals surface area contributed by atoms with Gasteiger partial charge in [0.2, 0.25) is 0 Å². The number of ketones is 2. The highest BCUT2D eigenvalue weighted by Crippen LogP contribution is 2.09. The molecule has 0 aliphatic carbocycles. The van der Waals surface area contributed by atoms with Crippen LogP contribution in [-0.2, 0) is 19.1 Å². The Labute approximate surface area is 138 Å². The molecule has 0 rings (SSSR count). The topological polar surface area (TPSA) is 125 Å². The normalized spacial score (nSPS) is 14.2. The van der Waals surface area contributed by atoms with Gasteiger partial charge in [-0.1, -0.05) is 6.42 Å². The first-order valence-corrected chi connectivity index (χ1v) is 8.03. The van der Waals surface area contributed by atoms with Crippen molar-refractivity contribution < 1.29 is 19.1 Å². The van der Waals surface area contributed by atoms with Crippen LogP contribution in [0.25, 0.3) is 0 Å². The lowest BCUT2D eigenvalue weighted by Gasteiger charge is -2.20. The molecule has 23 heavy (non-hydrogen) atoms. The van der Waals surface area contributed by atoms with Crippen molar-refractivity contribution in [3.05, 3.63) is 0 Å². The van der Waals surface area contributed by atoms with Gasteiger partial charge in [0, 0.05) is 0 Å². The maximum absolute atomic E-state index is 11.9. The second kappa shape index (κ2) is 10.5. The highest BCUT2D eigenvalue weighted by atomic mass is 16.6. The number of hydrogen-bond donors (Lipinski definition) is 3. The predicted octanol–water partition coefficient (Wildman–Crippen LogP) is 0.291. The number of nitrogens with one attached hydrogen (secondary N) is 1. The Morgan fingerprint density at radius 3 is 2.26 bits per heavy atom. The maximum atomic E-state index is 11.9. The molecule has 0 radical (unpaired) electrons. The van der Waals surface area contributed by atoms with Crippen LogP contribution in [0.2, 0.25) is 0 Å². The molecule has 0 heterocycles.